The van der Waals surface area contributed by atoms with Crippen molar-refractivity contribution in [3.05, 3.63) is 243 Å². The fourth-order valence-electron chi connectivity index (χ4n) is 10.5. The summed E-state index contributed by atoms with van der Waals surface area (Å²) in [5.74, 6) is 0. The molecule has 2 heterocycles. The van der Waals surface area contributed by atoms with E-state index in [4.69, 9.17) is 18.9 Å². The van der Waals surface area contributed by atoms with E-state index in [0.29, 0.717) is 10.9 Å². The second-order valence-electron chi connectivity index (χ2n) is 17.9. The van der Waals surface area contributed by atoms with Crippen molar-refractivity contribution in [2.24, 2.45) is 0 Å². The highest BCUT2D eigenvalue weighted by atomic mass is 16.4. The highest BCUT2D eigenvalue weighted by Gasteiger charge is 2.22. The number of hydrogen-bond acceptors (Lipinski definition) is 6. The number of hydrogen-bond donors (Lipinski definition) is 4. The van der Waals surface area contributed by atoms with Crippen molar-refractivity contribution in [1.82, 2.24) is 0 Å². The average Bonchev–Trinajstić information content (AvgIpc) is 4.00. The molecule has 2 aromatic heterocycles. The third-order valence-electron chi connectivity index (χ3n) is 13.7. The number of rotatable bonds is 5. The van der Waals surface area contributed by atoms with E-state index in [1.807, 2.05) is 103 Å². The van der Waals surface area contributed by atoms with Crippen molar-refractivity contribution in [1.29, 1.82) is 0 Å². The molecule has 8 heteroatoms. The predicted molar refractivity (Wildman–Crippen MR) is 300 cm³/mol. The van der Waals surface area contributed by atoms with Gasteiger partial charge in [0, 0.05) is 21.5 Å². The van der Waals surface area contributed by atoms with Gasteiger partial charge in [-0.3, -0.25) is 0 Å². The molecule has 0 aliphatic carbocycles. The molecule has 0 spiro atoms. The molecule has 14 rings (SSSR count). The topological polar surface area (TPSA) is 107 Å². The first-order valence-corrected chi connectivity index (χ1v) is 23.9. The SMILES string of the molecule is OB(O)c1c2ccccc2c(-c2ccccc2)c2ccccc12.OB(O)c1ccc2oc3ccccc3c2c1.c1ccc(-c2c3ccccc3c(-c3ccc4oc5ccccc5c4c3)c3ccccc23)cc1. The van der Waals surface area contributed by atoms with Gasteiger partial charge in [0.25, 0.3) is 0 Å². The van der Waals surface area contributed by atoms with Crippen LogP contribution < -0.4 is 10.9 Å². The van der Waals surface area contributed by atoms with E-state index in [2.05, 4.69) is 121 Å². The maximum absolute atomic E-state index is 9.94. The molecule has 6 nitrogen and oxygen atoms in total. The minimum Gasteiger partial charge on any atom is -0.456 e. The third-order valence-corrected chi connectivity index (χ3v) is 13.7. The Morgan fingerprint density at radius 1 is 0.236 bits per heavy atom. The van der Waals surface area contributed by atoms with Crippen molar-refractivity contribution in [2.75, 3.05) is 0 Å². The standard InChI is InChI=1S/C32H20O.C20H15BO2.C12H9BO3/c1-2-10-21(11-3-1)31-24-13-4-6-15-26(24)32(27-16-7-5-14-25(27)31)22-18-19-30-28(20-22)23-12-8-9-17-29(23)33-30;22-21(23)20-17-12-6-4-10-15(17)19(14-8-2-1-3-9-14)16-11-5-7-13-18(16)20;14-13(15)8-5-6-12-10(7-8)9-3-1-2-4-11(9)16-12/h1-20H;1-13,22-23H;1-7,14-15H. The first-order chi connectivity index (χ1) is 35.4. The normalized spacial score (nSPS) is 11.3. The number of furan rings is 2. The lowest BCUT2D eigenvalue weighted by atomic mass is 9.72. The second-order valence-corrected chi connectivity index (χ2v) is 17.9. The number of para-hydroxylation sites is 2. The van der Waals surface area contributed by atoms with Crippen LogP contribution in [0.1, 0.15) is 0 Å². The second kappa shape index (κ2) is 18.9. The average molecular weight is 931 g/mol. The minimum atomic E-state index is -1.50. The summed E-state index contributed by atoms with van der Waals surface area (Å²) in [5.41, 5.74) is 11.7. The summed E-state index contributed by atoms with van der Waals surface area (Å²) in [6.07, 6.45) is 0. The van der Waals surface area contributed by atoms with E-state index >= 15 is 0 Å². The molecule has 342 valence electrons. The van der Waals surface area contributed by atoms with Crippen molar-refractivity contribution in [3.63, 3.8) is 0 Å². The molecular formula is C64H44B2O6. The molecule has 0 atom stereocenters. The maximum atomic E-state index is 9.94. The van der Waals surface area contributed by atoms with Crippen molar-refractivity contribution in [2.45, 2.75) is 0 Å². The van der Waals surface area contributed by atoms with Gasteiger partial charge >= 0.3 is 14.2 Å². The molecular weight excluding hydrogens is 886 g/mol. The van der Waals surface area contributed by atoms with Crippen molar-refractivity contribution in [3.8, 4) is 33.4 Å². The lowest BCUT2D eigenvalue weighted by molar-refractivity contribution is 0.425. The fourth-order valence-corrected chi connectivity index (χ4v) is 10.5. The fraction of sp³-hybridized carbons (Fsp3) is 0. The molecule has 72 heavy (non-hydrogen) atoms. The van der Waals surface area contributed by atoms with Crippen molar-refractivity contribution >= 4 is 112 Å². The van der Waals surface area contributed by atoms with Crippen LogP contribution in [-0.4, -0.2) is 34.3 Å². The smallest absolute Gasteiger partial charge is 0.456 e. The van der Waals surface area contributed by atoms with Crippen LogP contribution in [0.2, 0.25) is 0 Å². The molecule has 0 bridgehead atoms. The largest absolute Gasteiger partial charge is 0.489 e. The lowest BCUT2D eigenvalue weighted by Crippen LogP contribution is -2.31. The summed E-state index contributed by atoms with van der Waals surface area (Å²) >= 11 is 0. The Balaban J connectivity index is 0.000000118. The van der Waals surface area contributed by atoms with Gasteiger partial charge in [0.2, 0.25) is 0 Å². The quantitative estimate of drug-likeness (QED) is 0.101. The zero-order chi connectivity index (χ0) is 48.7. The summed E-state index contributed by atoms with van der Waals surface area (Å²) in [6.45, 7) is 0. The first kappa shape index (κ1) is 44.5. The van der Waals surface area contributed by atoms with Crippen LogP contribution in [0.4, 0.5) is 0 Å². The van der Waals surface area contributed by atoms with Gasteiger partial charge in [-0.15, -0.1) is 0 Å². The van der Waals surface area contributed by atoms with Crippen LogP contribution in [0.25, 0.3) is 120 Å². The molecule has 0 aliphatic rings. The van der Waals surface area contributed by atoms with Gasteiger partial charge in [0.15, 0.2) is 0 Å². The van der Waals surface area contributed by atoms with Gasteiger partial charge in [-0.25, -0.2) is 0 Å². The monoisotopic (exact) mass is 930 g/mol. The Morgan fingerprint density at radius 2 is 0.556 bits per heavy atom. The van der Waals surface area contributed by atoms with Crippen LogP contribution in [0.5, 0.6) is 0 Å². The summed E-state index contributed by atoms with van der Waals surface area (Å²) in [7, 11) is -2.95. The Labute approximate surface area is 415 Å². The molecule has 0 radical (unpaired) electrons. The van der Waals surface area contributed by atoms with E-state index in [1.54, 1.807) is 18.2 Å². The molecule has 4 N–H and O–H groups in total. The summed E-state index contributed by atoms with van der Waals surface area (Å²) < 4.78 is 11.7. The van der Waals surface area contributed by atoms with E-state index in [-0.39, 0.29) is 0 Å². The Kier molecular flexibility index (Phi) is 11.7. The van der Waals surface area contributed by atoms with Gasteiger partial charge < -0.3 is 28.9 Å². The van der Waals surface area contributed by atoms with Crippen LogP contribution in [0.3, 0.4) is 0 Å². The van der Waals surface area contributed by atoms with Crippen LogP contribution in [-0.2, 0) is 0 Å². The molecule has 14 aromatic rings. The van der Waals surface area contributed by atoms with E-state index in [1.165, 1.54) is 43.8 Å². The number of benzene rings is 12. The van der Waals surface area contributed by atoms with Gasteiger partial charge in [0.05, 0.1) is 0 Å². The van der Waals surface area contributed by atoms with Gasteiger partial charge in [-0.05, 0) is 118 Å². The Bertz CT molecular complexity index is 4180. The molecule has 12 aromatic carbocycles. The Morgan fingerprint density at radius 3 is 0.972 bits per heavy atom. The zero-order valence-electron chi connectivity index (χ0n) is 38.9. The summed E-state index contributed by atoms with van der Waals surface area (Å²) in [4.78, 5) is 0. The van der Waals surface area contributed by atoms with Gasteiger partial charge in [0.1, 0.15) is 22.3 Å². The van der Waals surface area contributed by atoms with Gasteiger partial charge in [-0.2, -0.15) is 0 Å². The highest BCUT2D eigenvalue weighted by molar-refractivity contribution is 6.66. The van der Waals surface area contributed by atoms with E-state index in [0.717, 1.165) is 76.5 Å². The highest BCUT2D eigenvalue weighted by Crippen LogP contribution is 2.45. The minimum absolute atomic E-state index is 0.471. The van der Waals surface area contributed by atoms with Crippen molar-refractivity contribution < 1.29 is 28.9 Å². The molecule has 0 amide bonds. The van der Waals surface area contributed by atoms with Gasteiger partial charge in [-0.1, -0.05) is 212 Å². The van der Waals surface area contributed by atoms with Crippen LogP contribution in [0, 0.1) is 0 Å². The molecule has 0 saturated heterocycles. The zero-order valence-corrected chi connectivity index (χ0v) is 38.9. The summed E-state index contributed by atoms with van der Waals surface area (Å²) in [5, 5.41) is 51.2. The lowest BCUT2D eigenvalue weighted by Gasteiger charge is -2.17. The predicted octanol–water partition coefficient (Wildman–Crippen LogP) is 13.8. The van der Waals surface area contributed by atoms with Crippen LogP contribution >= 0.6 is 0 Å². The summed E-state index contributed by atoms with van der Waals surface area (Å²) in [6, 6.07) is 82.0. The molecule has 0 fully saturated rings. The molecule has 0 saturated carbocycles. The van der Waals surface area contributed by atoms with E-state index in [9.17, 15) is 10.0 Å². The van der Waals surface area contributed by atoms with E-state index < -0.39 is 14.2 Å². The molecule has 0 aliphatic heterocycles. The third kappa shape index (κ3) is 7.95. The van der Waals surface area contributed by atoms with Crippen LogP contribution in [0.15, 0.2) is 251 Å². The maximum Gasteiger partial charge on any atom is 0.489 e. The molecule has 0 unspecified atom stereocenters. The Hall–Kier alpha value is -8.75. The number of fused-ring (bicyclic) bond motifs is 10. The first-order valence-electron chi connectivity index (χ1n) is 23.9.